The molecule has 2 aromatic heterocycles. The lowest BCUT2D eigenvalue weighted by Gasteiger charge is -2.08. The number of ether oxygens (including phenoxy) is 1. The molecule has 0 saturated heterocycles. The van der Waals surface area contributed by atoms with Crippen molar-refractivity contribution in [1.29, 1.82) is 0 Å². The topological polar surface area (TPSA) is 72.7 Å². The van der Waals surface area contributed by atoms with E-state index in [-0.39, 0.29) is 17.9 Å². The van der Waals surface area contributed by atoms with Crippen LogP contribution in [-0.2, 0) is 0 Å². The molecule has 1 N–H and O–H groups in total. The van der Waals surface area contributed by atoms with Crippen LogP contribution in [0.4, 0.5) is 4.39 Å². The second-order valence-corrected chi connectivity index (χ2v) is 6.57. The molecule has 0 fully saturated rings. The lowest BCUT2D eigenvalue weighted by Crippen LogP contribution is -2.32. The van der Waals surface area contributed by atoms with E-state index in [0.29, 0.717) is 17.9 Å². The zero-order chi connectivity index (χ0) is 17.8. The van der Waals surface area contributed by atoms with Crippen LogP contribution >= 0.6 is 11.3 Å². The summed E-state index contributed by atoms with van der Waals surface area (Å²) in [4.78, 5) is 30.1. The molecule has 0 atom stereocenters. The molecule has 2 heterocycles. The summed E-state index contributed by atoms with van der Waals surface area (Å²) in [6.07, 6.45) is 3.43. The summed E-state index contributed by atoms with van der Waals surface area (Å²) in [7, 11) is 0. The number of nitrogens with one attached hydrogen (secondary N) is 1. The lowest BCUT2D eigenvalue weighted by atomic mass is 10.3. The predicted molar refractivity (Wildman–Crippen MR) is 92.9 cm³/mol. The average Bonchev–Trinajstić information content (AvgIpc) is 2.98. The zero-order valence-corrected chi connectivity index (χ0v) is 14.3. The Hall–Kier alpha value is -2.74. The Labute approximate surface area is 146 Å². The first-order valence-electron chi connectivity index (χ1n) is 7.69. The molecule has 0 bridgehead atoms. The van der Waals surface area contributed by atoms with Crippen LogP contribution in [0.2, 0.25) is 0 Å². The second kappa shape index (κ2) is 7.43. The fraction of sp³-hybridized carbons (Fsp3) is 0.235. The van der Waals surface area contributed by atoms with Crippen molar-refractivity contribution in [3.63, 3.8) is 0 Å². The van der Waals surface area contributed by atoms with Gasteiger partial charge < -0.3 is 10.1 Å². The van der Waals surface area contributed by atoms with Gasteiger partial charge in [-0.05, 0) is 25.5 Å². The van der Waals surface area contributed by atoms with E-state index in [9.17, 15) is 14.0 Å². The molecule has 3 aromatic rings. The first-order valence-corrected chi connectivity index (χ1v) is 8.51. The van der Waals surface area contributed by atoms with Gasteiger partial charge in [-0.2, -0.15) is 0 Å². The maximum Gasteiger partial charge on any atom is 0.271 e. The normalized spacial score (nSPS) is 10.8. The van der Waals surface area contributed by atoms with Crippen LogP contribution in [-0.4, -0.2) is 28.4 Å². The Morgan fingerprint density at radius 3 is 3.00 bits per heavy atom. The van der Waals surface area contributed by atoms with Gasteiger partial charge >= 0.3 is 0 Å². The Balaban J connectivity index is 1.54. The molecule has 0 aliphatic heterocycles. The number of aryl methyl sites for hydroxylation is 1. The average molecular weight is 361 g/mol. The third kappa shape index (κ3) is 3.85. The number of thiazole rings is 1. The smallest absolute Gasteiger partial charge is 0.271 e. The highest BCUT2D eigenvalue weighted by Crippen LogP contribution is 2.15. The Bertz CT molecular complexity index is 967. The van der Waals surface area contributed by atoms with Gasteiger partial charge in [0, 0.05) is 23.8 Å². The molecular weight excluding hydrogens is 345 g/mol. The van der Waals surface area contributed by atoms with Crippen LogP contribution in [0, 0.1) is 12.7 Å². The molecule has 0 aliphatic rings. The van der Waals surface area contributed by atoms with E-state index < -0.39 is 17.3 Å². The van der Waals surface area contributed by atoms with Crippen molar-refractivity contribution < 1.29 is 13.9 Å². The molecule has 25 heavy (non-hydrogen) atoms. The lowest BCUT2D eigenvalue weighted by molar-refractivity contribution is 0.0949. The molecule has 3 rings (SSSR count). The summed E-state index contributed by atoms with van der Waals surface area (Å²) in [5, 5.41) is 2.65. The number of para-hydroxylation sites is 1. The first-order chi connectivity index (χ1) is 12.1. The molecule has 0 saturated carbocycles. The molecular formula is C17H16FN3O3S. The highest BCUT2D eigenvalue weighted by molar-refractivity contribution is 7.16. The molecule has 8 heteroatoms. The summed E-state index contributed by atoms with van der Waals surface area (Å²) in [6, 6.07) is 6.13. The maximum atomic E-state index is 13.4. The largest absolute Gasteiger partial charge is 0.490 e. The van der Waals surface area contributed by atoms with Crippen molar-refractivity contribution in [3.05, 3.63) is 63.3 Å². The fourth-order valence-electron chi connectivity index (χ4n) is 2.26. The molecule has 1 amide bonds. The number of fused-ring (bicyclic) bond motifs is 1. The molecule has 0 aliphatic carbocycles. The van der Waals surface area contributed by atoms with Crippen LogP contribution in [0.1, 0.15) is 21.7 Å². The van der Waals surface area contributed by atoms with Crippen LogP contribution in [0.15, 0.2) is 41.5 Å². The van der Waals surface area contributed by atoms with Crippen LogP contribution in [0.3, 0.4) is 0 Å². The Morgan fingerprint density at radius 2 is 2.20 bits per heavy atom. The van der Waals surface area contributed by atoms with Gasteiger partial charge in [0.15, 0.2) is 16.5 Å². The minimum absolute atomic E-state index is 0.00896. The SMILES string of the molecule is Cc1cn2c(=O)c(C(=O)NCCCOc3ccccc3F)cnc2s1. The van der Waals surface area contributed by atoms with Gasteiger partial charge in [-0.25, -0.2) is 9.37 Å². The molecule has 0 spiro atoms. The van der Waals surface area contributed by atoms with Gasteiger partial charge in [-0.1, -0.05) is 12.1 Å². The molecule has 1 aromatic carbocycles. The number of hydrogen-bond donors (Lipinski definition) is 1. The van der Waals surface area contributed by atoms with E-state index in [1.165, 1.54) is 28.0 Å². The van der Waals surface area contributed by atoms with Gasteiger partial charge in [0.1, 0.15) is 5.56 Å². The van der Waals surface area contributed by atoms with Crippen LogP contribution in [0.5, 0.6) is 5.75 Å². The summed E-state index contributed by atoms with van der Waals surface area (Å²) in [5.74, 6) is -0.735. The summed E-state index contributed by atoms with van der Waals surface area (Å²) < 4.78 is 20.1. The summed E-state index contributed by atoms with van der Waals surface area (Å²) >= 11 is 1.38. The fourth-order valence-corrected chi connectivity index (χ4v) is 3.05. The Kier molecular flexibility index (Phi) is 5.08. The number of rotatable bonds is 6. The van der Waals surface area contributed by atoms with Crippen LogP contribution in [0.25, 0.3) is 4.96 Å². The number of nitrogens with zero attached hydrogens (tertiary/aromatic N) is 2. The van der Waals surface area contributed by atoms with Crippen molar-refractivity contribution >= 4 is 22.2 Å². The third-order valence-corrected chi connectivity index (χ3v) is 4.38. The van der Waals surface area contributed by atoms with Crippen molar-refractivity contribution in [2.24, 2.45) is 0 Å². The maximum absolute atomic E-state index is 13.4. The molecule has 0 radical (unpaired) electrons. The quantitative estimate of drug-likeness (QED) is 0.685. The van der Waals surface area contributed by atoms with Crippen molar-refractivity contribution in [3.8, 4) is 5.75 Å². The predicted octanol–water partition coefficient (Wildman–Crippen LogP) is 2.40. The standard InChI is InChI=1S/C17H16FN3O3S/c1-11-10-21-16(23)12(9-20-17(21)25-11)15(22)19-7-4-8-24-14-6-3-2-5-13(14)18/h2-3,5-6,9-10H,4,7-8H2,1H3,(H,19,22). The first kappa shape index (κ1) is 17.1. The van der Waals surface area contributed by atoms with Crippen LogP contribution < -0.4 is 15.6 Å². The number of carbonyl (C=O) groups excluding carboxylic acids is 1. The van der Waals surface area contributed by atoms with E-state index in [2.05, 4.69) is 10.3 Å². The van der Waals surface area contributed by atoms with Crippen molar-refractivity contribution in [2.45, 2.75) is 13.3 Å². The highest BCUT2D eigenvalue weighted by Gasteiger charge is 2.14. The monoisotopic (exact) mass is 361 g/mol. The van der Waals surface area contributed by atoms with E-state index in [1.807, 2.05) is 6.92 Å². The van der Waals surface area contributed by atoms with Crippen molar-refractivity contribution in [2.75, 3.05) is 13.2 Å². The molecule has 0 unspecified atom stereocenters. The van der Waals surface area contributed by atoms with Gasteiger partial charge in [-0.3, -0.25) is 14.0 Å². The summed E-state index contributed by atoms with van der Waals surface area (Å²) in [5.41, 5.74) is -0.403. The highest BCUT2D eigenvalue weighted by atomic mass is 32.1. The third-order valence-electron chi connectivity index (χ3n) is 3.47. The Morgan fingerprint density at radius 1 is 1.40 bits per heavy atom. The minimum Gasteiger partial charge on any atom is -0.490 e. The number of halogens is 1. The van der Waals surface area contributed by atoms with Gasteiger partial charge in [0.25, 0.3) is 11.5 Å². The van der Waals surface area contributed by atoms with Crippen molar-refractivity contribution in [1.82, 2.24) is 14.7 Å². The minimum atomic E-state index is -0.485. The van der Waals surface area contributed by atoms with Gasteiger partial charge in [0.05, 0.1) is 6.61 Å². The number of carbonyl (C=O) groups is 1. The van der Waals surface area contributed by atoms with E-state index >= 15 is 0 Å². The molecule has 130 valence electrons. The van der Waals surface area contributed by atoms with Gasteiger partial charge in [-0.15, -0.1) is 11.3 Å². The summed E-state index contributed by atoms with van der Waals surface area (Å²) in [6.45, 7) is 2.42. The zero-order valence-electron chi connectivity index (χ0n) is 13.5. The van der Waals surface area contributed by atoms with E-state index in [4.69, 9.17) is 4.74 Å². The number of aromatic nitrogens is 2. The number of hydrogen-bond acceptors (Lipinski definition) is 5. The van der Waals surface area contributed by atoms with Gasteiger partial charge in [0.2, 0.25) is 0 Å². The van der Waals surface area contributed by atoms with E-state index in [0.717, 1.165) is 4.88 Å². The second-order valence-electron chi connectivity index (χ2n) is 5.36. The number of amides is 1. The van der Waals surface area contributed by atoms with E-state index in [1.54, 1.807) is 24.4 Å². The molecule has 6 nitrogen and oxygen atoms in total. The number of benzene rings is 1.